The highest BCUT2D eigenvalue weighted by molar-refractivity contribution is 7.99. The maximum Gasteiger partial charge on any atom is 0.324 e. The summed E-state index contributed by atoms with van der Waals surface area (Å²) in [5.41, 5.74) is 3.06. The molecule has 0 radical (unpaired) electrons. The number of nitrogens with zero attached hydrogens (tertiary/aromatic N) is 5. The van der Waals surface area contributed by atoms with Crippen LogP contribution in [-0.4, -0.2) is 55.4 Å². The third-order valence-corrected chi connectivity index (χ3v) is 5.64. The molecule has 0 saturated carbocycles. The van der Waals surface area contributed by atoms with E-state index >= 15 is 0 Å². The Morgan fingerprint density at radius 3 is 2.62 bits per heavy atom. The van der Waals surface area contributed by atoms with Gasteiger partial charge in [0.2, 0.25) is 5.91 Å². The number of thioether (sulfide) groups is 1. The zero-order valence-electron chi connectivity index (χ0n) is 15.9. The number of hydrogen-bond donors (Lipinski definition) is 1. The fourth-order valence-electron chi connectivity index (χ4n) is 3.15. The Hall–Kier alpha value is -3.20. The molecule has 29 heavy (non-hydrogen) atoms. The van der Waals surface area contributed by atoms with Crippen LogP contribution in [0.15, 0.2) is 53.9 Å². The molecule has 0 unspecified atom stereocenters. The van der Waals surface area contributed by atoms with Gasteiger partial charge in [-0.05, 0) is 37.1 Å². The van der Waals surface area contributed by atoms with Crippen LogP contribution < -0.4 is 5.32 Å². The van der Waals surface area contributed by atoms with E-state index in [0.29, 0.717) is 18.7 Å². The molecule has 2 aromatic heterocycles. The van der Waals surface area contributed by atoms with Crippen molar-refractivity contribution in [3.05, 3.63) is 54.4 Å². The van der Waals surface area contributed by atoms with Crippen molar-refractivity contribution in [1.29, 1.82) is 0 Å². The van der Waals surface area contributed by atoms with Gasteiger partial charge in [0.1, 0.15) is 0 Å². The molecule has 0 aliphatic carbocycles. The van der Waals surface area contributed by atoms with Crippen LogP contribution in [0.5, 0.6) is 0 Å². The summed E-state index contributed by atoms with van der Waals surface area (Å²) in [5, 5.41) is 12.1. The second kappa shape index (κ2) is 8.44. The fraction of sp³-hybridized carbons (Fsp3) is 0.250. The SMILES string of the molecule is Cc1ccccc1-n1c(SCCCN2C(=O)CNC2=O)nnc1-c1ccncc1. The number of imide groups is 1. The number of urea groups is 1. The molecule has 1 fully saturated rings. The molecular formula is C20H20N6O2S. The van der Waals surface area contributed by atoms with Crippen molar-refractivity contribution in [1.82, 2.24) is 30.0 Å². The number of aryl methyl sites for hydroxylation is 1. The van der Waals surface area contributed by atoms with Gasteiger partial charge in [-0.3, -0.25) is 19.2 Å². The highest BCUT2D eigenvalue weighted by Gasteiger charge is 2.27. The highest BCUT2D eigenvalue weighted by atomic mass is 32.2. The largest absolute Gasteiger partial charge is 0.329 e. The summed E-state index contributed by atoms with van der Waals surface area (Å²) in [5.74, 6) is 1.28. The average Bonchev–Trinajstić information content (AvgIpc) is 3.30. The number of benzene rings is 1. The van der Waals surface area contributed by atoms with Gasteiger partial charge < -0.3 is 5.32 Å². The molecule has 148 valence electrons. The molecular weight excluding hydrogens is 388 g/mol. The molecule has 3 aromatic rings. The van der Waals surface area contributed by atoms with Gasteiger partial charge >= 0.3 is 6.03 Å². The van der Waals surface area contributed by atoms with E-state index in [2.05, 4.69) is 33.5 Å². The molecule has 0 bridgehead atoms. The molecule has 0 spiro atoms. The van der Waals surface area contributed by atoms with Gasteiger partial charge in [-0.15, -0.1) is 10.2 Å². The Kier molecular flexibility index (Phi) is 5.57. The predicted octanol–water partition coefficient (Wildman–Crippen LogP) is 2.67. The molecule has 8 nitrogen and oxygen atoms in total. The van der Waals surface area contributed by atoms with E-state index in [1.807, 2.05) is 34.9 Å². The van der Waals surface area contributed by atoms with Crippen molar-refractivity contribution in [2.45, 2.75) is 18.5 Å². The number of carbonyl (C=O) groups is 2. The zero-order chi connectivity index (χ0) is 20.2. The van der Waals surface area contributed by atoms with E-state index in [1.165, 1.54) is 4.90 Å². The quantitative estimate of drug-likeness (QED) is 0.367. The number of pyridine rings is 1. The number of amides is 3. The molecule has 0 atom stereocenters. The van der Waals surface area contributed by atoms with Crippen molar-refractivity contribution in [3.8, 4) is 17.1 Å². The van der Waals surface area contributed by atoms with Crippen LogP contribution in [0.3, 0.4) is 0 Å². The second-order valence-electron chi connectivity index (χ2n) is 6.57. The van der Waals surface area contributed by atoms with Gasteiger partial charge in [0.15, 0.2) is 11.0 Å². The van der Waals surface area contributed by atoms with Gasteiger partial charge in [0.05, 0.1) is 12.2 Å². The third kappa shape index (κ3) is 4.00. The summed E-state index contributed by atoms with van der Waals surface area (Å²) in [7, 11) is 0. The normalized spacial score (nSPS) is 13.8. The Labute approximate surface area is 172 Å². The van der Waals surface area contributed by atoms with E-state index in [1.54, 1.807) is 24.2 Å². The Morgan fingerprint density at radius 2 is 1.90 bits per heavy atom. The predicted molar refractivity (Wildman–Crippen MR) is 110 cm³/mol. The average molecular weight is 408 g/mol. The van der Waals surface area contributed by atoms with Crippen molar-refractivity contribution < 1.29 is 9.59 Å². The number of nitrogens with one attached hydrogen (secondary N) is 1. The first kappa shape index (κ1) is 19.1. The number of hydrogen-bond acceptors (Lipinski definition) is 6. The van der Waals surface area contributed by atoms with Gasteiger partial charge in [-0.25, -0.2) is 4.79 Å². The van der Waals surface area contributed by atoms with Crippen LogP contribution in [-0.2, 0) is 4.79 Å². The first-order valence-corrected chi connectivity index (χ1v) is 10.3. The number of carbonyl (C=O) groups excluding carboxylic acids is 2. The summed E-state index contributed by atoms with van der Waals surface area (Å²) < 4.78 is 2.04. The molecule has 3 amide bonds. The number of para-hydroxylation sites is 1. The lowest BCUT2D eigenvalue weighted by Crippen LogP contribution is -2.32. The molecule has 1 aliphatic rings. The van der Waals surface area contributed by atoms with Crippen molar-refractivity contribution in [3.63, 3.8) is 0 Å². The molecule has 1 saturated heterocycles. The van der Waals surface area contributed by atoms with Gasteiger partial charge in [-0.2, -0.15) is 0 Å². The van der Waals surface area contributed by atoms with E-state index in [0.717, 1.165) is 27.8 Å². The van der Waals surface area contributed by atoms with Crippen LogP contribution in [0, 0.1) is 6.92 Å². The van der Waals surface area contributed by atoms with Gasteiger partial charge in [0.25, 0.3) is 0 Å². The van der Waals surface area contributed by atoms with Crippen molar-refractivity contribution in [2.24, 2.45) is 0 Å². The van der Waals surface area contributed by atoms with Crippen LogP contribution in [0.25, 0.3) is 17.1 Å². The summed E-state index contributed by atoms with van der Waals surface area (Å²) in [6.07, 6.45) is 4.14. The Morgan fingerprint density at radius 1 is 1.10 bits per heavy atom. The number of rotatable bonds is 7. The van der Waals surface area contributed by atoms with E-state index in [-0.39, 0.29) is 18.5 Å². The standard InChI is InChI=1S/C20H20N6O2S/c1-14-5-2-3-6-16(14)26-18(15-7-9-21-10-8-15)23-24-20(26)29-12-4-11-25-17(27)13-22-19(25)28/h2-3,5-10H,4,11-13H2,1H3,(H,22,28). The van der Waals surface area contributed by atoms with Crippen LogP contribution in [0.4, 0.5) is 4.79 Å². The minimum absolute atomic E-state index is 0.0862. The summed E-state index contributed by atoms with van der Waals surface area (Å²) in [4.78, 5) is 28.7. The minimum Gasteiger partial charge on any atom is -0.329 e. The lowest BCUT2D eigenvalue weighted by Gasteiger charge is -2.14. The summed E-state index contributed by atoms with van der Waals surface area (Å²) in [6.45, 7) is 2.54. The lowest BCUT2D eigenvalue weighted by molar-refractivity contribution is -0.124. The molecule has 3 heterocycles. The Bertz CT molecular complexity index is 1020. The van der Waals surface area contributed by atoms with E-state index in [4.69, 9.17) is 0 Å². The molecule has 1 N–H and O–H groups in total. The molecule has 1 aliphatic heterocycles. The van der Waals surface area contributed by atoms with E-state index in [9.17, 15) is 9.59 Å². The monoisotopic (exact) mass is 408 g/mol. The van der Waals surface area contributed by atoms with E-state index < -0.39 is 0 Å². The van der Waals surface area contributed by atoms with Crippen LogP contribution in [0.1, 0.15) is 12.0 Å². The highest BCUT2D eigenvalue weighted by Crippen LogP contribution is 2.29. The van der Waals surface area contributed by atoms with Gasteiger partial charge in [0, 0.05) is 30.3 Å². The fourth-order valence-corrected chi connectivity index (χ4v) is 4.02. The smallest absolute Gasteiger partial charge is 0.324 e. The summed E-state index contributed by atoms with van der Waals surface area (Å²) >= 11 is 1.56. The molecule has 4 rings (SSSR count). The lowest BCUT2D eigenvalue weighted by atomic mass is 10.2. The third-order valence-electron chi connectivity index (χ3n) is 4.62. The Balaban J connectivity index is 1.55. The minimum atomic E-state index is -0.317. The zero-order valence-corrected chi connectivity index (χ0v) is 16.7. The molecule has 1 aromatic carbocycles. The van der Waals surface area contributed by atoms with Crippen molar-refractivity contribution in [2.75, 3.05) is 18.8 Å². The van der Waals surface area contributed by atoms with Crippen LogP contribution in [0.2, 0.25) is 0 Å². The maximum atomic E-state index is 11.7. The first-order chi connectivity index (χ1) is 14.1. The number of aromatic nitrogens is 4. The van der Waals surface area contributed by atoms with Crippen molar-refractivity contribution >= 4 is 23.7 Å². The van der Waals surface area contributed by atoms with Crippen LogP contribution >= 0.6 is 11.8 Å². The topological polar surface area (TPSA) is 93.0 Å². The maximum absolute atomic E-state index is 11.7. The summed E-state index contributed by atoms with van der Waals surface area (Å²) in [6, 6.07) is 11.6. The van der Waals surface area contributed by atoms with Gasteiger partial charge in [-0.1, -0.05) is 30.0 Å². The first-order valence-electron chi connectivity index (χ1n) is 9.28. The second-order valence-corrected chi connectivity index (χ2v) is 7.63. The molecule has 9 heteroatoms.